The zero-order valence-electron chi connectivity index (χ0n) is 13.3. The highest BCUT2D eigenvalue weighted by Gasteiger charge is 2.35. The lowest BCUT2D eigenvalue weighted by molar-refractivity contribution is -0.119. The molecule has 1 aliphatic heterocycles. The number of halogens is 1. The summed E-state index contributed by atoms with van der Waals surface area (Å²) in [4.78, 5) is 14.3. The Kier molecular flexibility index (Phi) is 4.18. The molecule has 1 aliphatic rings. The Bertz CT molecular complexity index is 760. The van der Waals surface area contributed by atoms with Gasteiger partial charge in [0.2, 0.25) is 5.91 Å². The number of likely N-dealkylation sites (N-methyl/N-ethyl adjacent to an activating group) is 1. The molecule has 4 nitrogen and oxygen atoms in total. The summed E-state index contributed by atoms with van der Waals surface area (Å²) in [6.45, 7) is 0. The third kappa shape index (κ3) is 2.63. The minimum atomic E-state index is -0.230. The van der Waals surface area contributed by atoms with Gasteiger partial charge in [-0.2, -0.15) is 0 Å². The number of anilines is 1. The van der Waals surface area contributed by atoms with Crippen molar-refractivity contribution in [2.24, 2.45) is 0 Å². The second-order valence-corrected chi connectivity index (χ2v) is 5.92. The van der Waals surface area contributed by atoms with Crippen molar-refractivity contribution in [3.8, 4) is 11.5 Å². The standard InChI is InChI=1S/C18H18ClNO3/c1-20-15-7-5-4-6-12(15)13(18(20)21)8-11-9-16(22-2)17(23-3)10-14(11)19/h4-7,9-10,13H,8H2,1-3H3/t13-/m0/s1. The zero-order valence-corrected chi connectivity index (χ0v) is 14.1. The van der Waals surface area contributed by atoms with Crippen LogP contribution < -0.4 is 14.4 Å². The summed E-state index contributed by atoms with van der Waals surface area (Å²) in [5, 5.41) is 0.572. The van der Waals surface area contributed by atoms with Crippen molar-refractivity contribution in [2.45, 2.75) is 12.3 Å². The number of methoxy groups -OCH3 is 2. The summed E-state index contributed by atoms with van der Waals surface area (Å²) in [6.07, 6.45) is 0.527. The molecular weight excluding hydrogens is 314 g/mol. The monoisotopic (exact) mass is 331 g/mol. The number of nitrogens with zero attached hydrogens (tertiary/aromatic N) is 1. The van der Waals surface area contributed by atoms with Crippen molar-refractivity contribution in [3.63, 3.8) is 0 Å². The van der Waals surface area contributed by atoms with Crippen LogP contribution in [0.1, 0.15) is 17.0 Å². The number of rotatable bonds is 4. The fourth-order valence-electron chi connectivity index (χ4n) is 3.04. The van der Waals surface area contributed by atoms with E-state index in [1.807, 2.05) is 30.3 Å². The summed E-state index contributed by atoms with van der Waals surface area (Å²) >= 11 is 6.37. The average molecular weight is 332 g/mol. The molecule has 120 valence electrons. The van der Waals surface area contributed by atoms with Crippen LogP contribution in [0.15, 0.2) is 36.4 Å². The maximum absolute atomic E-state index is 12.6. The van der Waals surface area contributed by atoms with E-state index in [2.05, 4.69) is 0 Å². The second kappa shape index (κ2) is 6.13. The summed E-state index contributed by atoms with van der Waals surface area (Å²) < 4.78 is 10.6. The van der Waals surface area contributed by atoms with Crippen LogP contribution in [0.4, 0.5) is 5.69 Å². The van der Waals surface area contributed by atoms with Crippen LogP contribution in [-0.4, -0.2) is 27.2 Å². The van der Waals surface area contributed by atoms with Gasteiger partial charge in [0.1, 0.15) is 0 Å². The van der Waals surface area contributed by atoms with Crippen LogP contribution in [0.5, 0.6) is 11.5 Å². The molecule has 0 saturated carbocycles. The summed E-state index contributed by atoms with van der Waals surface area (Å²) in [5.74, 6) is 1.04. The molecule has 2 aromatic carbocycles. The quantitative estimate of drug-likeness (QED) is 0.858. The Morgan fingerprint density at radius 3 is 2.48 bits per heavy atom. The molecule has 0 saturated heterocycles. The Hall–Kier alpha value is -2.20. The van der Waals surface area contributed by atoms with Gasteiger partial charge in [0, 0.05) is 23.8 Å². The first-order valence-corrected chi connectivity index (χ1v) is 7.71. The largest absolute Gasteiger partial charge is 0.493 e. The number of amides is 1. The van der Waals surface area contributed by atoms with Gasteiger partial charge in [-0.15, -0.1) is 0 Å². The SMILES string of the molecule is COc1cc(Cl)c(C[C@@H]2C(=O)N(C)c3ccccc32)cc1OC. The fourth-order valence-corrected chi connectivity index (χ4v) is 3.27. The molecule has 0 fully saturated rings. The zero-order chi connectivity index (χ0) is 16.6. The van der Waals surface area contributed by atoms with E-state index in [1.54, 1.807) is 32.2 Å². The third-order valence-corrected chi connectivity index (χ3v) is 4.63. The number of para-hydroxylation sites is 1. The van der Waals surface area contributed by atoms with Crippen molar-refractivity contribution in [1.82, 2.24) is 0 Å². The van der Waals surface area contributed by atoms with E-state index in [4.69, 9.17) is 21.1 Å². The van der Waals surface area contributed by atoms with E-state index < -0.39 is 0 Å². The van der Waals surface area contributed by atoms with E-state index in [0.717, 1.165) is 16.8 Å². The molecule has 3 rings (SSSR count). The predicted octanol–water partition coefficient (Wildman–Crippen LogP) is 3.66. The first-order valence-electron chi connectivity index (χ1n) is 7.33. The number of ether oxygens (including phenoxy) is 2. The number of hydrogen-bond acceptors (Lipinski definition) is 3. The molecule has 1 atom stereocenters. The van der Waals surface area contributed by atoms with Gasteiger partial charge in [-0.25, -0.2) is 0 Å². The van der Waals surface area contributed by atoms with Crippen molar-refractivity contribution in [1.29, 1.82) is 0 Å². The van der Waals surface area contributed by atoms with Crippen molar-refractivity contribution in [2.75, 3.05) is 26.2 Å². The van der Waals surface area contributed by atoms with Gasteiger partial charge in [0.25, 0.3) is 0 Å². The lowest BCUT2D eigenvalue weighted by Gasteiger charge is -2.15. The topological polar surface area (TPSA) is 38.8 Å². The Morgan fingerprint density at radius 1 is 1.13 bits per heavy atom. The smallest absolute Gasteiger partial charge is 0.234 e. The van der Waals surface area contributed by atoms with Crippen molar-refractivity contribution >= 4 is 23.2 Å². The summed E-state index contributed by atoms with van der Waals surface area (Å²) in [7, 11) is 4.95. The molecular formula is C18H18ClNO3. The van der Waals surface area contributed by atoms with Crippen LogP contribution in [0.25, 0.3) is 0 Å². The van der Waals surface area contributed by atoms with Crippen LogP contribution in [0, 0.1) is 0 Å². The molecule has 5 heteroatoms. The average Bonchev–Trinajstić information content (AvgIpc) is 2.81. The lowest BCUT2D eigenvalue weighted by atomic mass is 9.93. The Morgan fingerprint density at radius 2 is 1.78 bits per heavy atom. The van der Waals surface area contributed by atoms with E-state index in [9.17, 15) is 4.79 Å². The molecule has 2 aromatic rings. The van der Waals surface area contributed by atoms with Crippen LogP contribution in [-0.2, 0) is 11.2 Å². The molecule has 0 aliphatic carbocycles. The maximum Gasteiger partial charge on any atom is 0.234 e. The van der Waals surface area contributed by atoms with Crippen molar-refractivity contribution < 1.29 is 14.3 Å². The normalized spacial score (nSPS) is 16.4. The van der Waals surface area contributed by atoms with Gasteiger partial charge in [-0.1, -0.05) is 29.8 Å². The highest BCUT2D eigenvalue weighted by atomic mass is 35.5. The molecule has 1 amide bonds. The van der Waals surface area contributed by atoms with Crippen LogP contribution in [0.2, 0.25) is 5.02 Å². The lowest BCUT2D eigenvalue weighted by Crippen LogP contribution is -2.24. The van der Waals surface area contributed by atoms with Gasteiger partial charge >= 0.3 is 0 Å². The van der Waals surface area contributed by atoms with Gasteiger partial charge in [0.05, 0.1) is 20.1 Å². The molecule has 23 heavy (non-hydrogen) atoms. The number of carbonyl (C=O) groups is 1. The van der Waals surface area contributed by atoms with Crippen LogP contribution in [0.3, 0.4) is 0 Å². The van der Waals surface area contributed by atoms with E-state index in [0.29, 0.717) is 22.9 Å². The molecule has 0 unspecified atom stereocenters. The molecule has 0 radical (unpaired) electrons. The highest BCUT2D eigenvalue weighted by molar-refractivity contribution is 6.31. The highest BCUT2D eigenvalue weighted by Crippen LogP contribution is 2.41. The third-order valence-electron chi connectivity index (χ3n) is 4.28. The fraction of sp³-hybridized carbons (Fsp3) is 0.278. The van der Waals surface area contributed by atoms with E-state index in [-0.39, 0.29) is 11.8 Å². The van der Waals surface area contributed by atoms with Gasteiger partial charge < -0.3 is 14.4 Å². The van der Waals surface area contributed by atoms with E-state index >= 15 is 0 Å². The maximum atomic E-state index is 12.6. The summed E-state index contributed by atoms with van der Waals surface area (Å²) in [5.41, 5.74) is 2.86. The Balaban J connectivity index is 1.98. The second-order valence-electron chi connectivity index (χ2n) is 5.51. The molecule has 0 spiro atoms. The first kappa shape index (κ1) is 15.7. The number of benzene rings is 2. The number of carbonyl (C=O) groups excluding carboxylic acids is 1. The number of fused-ring (bicyclic) bond motifs is 1. The minimum absolute atomic E-state index is 0.0806. The summed E-state index contributed by atoms with van der Waals surface area (Å²) in [6, 6.07) is 11.4. The van der Waals surface area contributed by atoms with Crippen molar-refractivity contribution in [3.05, 3.63) is 52.5 Å². The molecule has 0 N–H and O–H groups in total. The van der Waals surface area contributed by atoms with Gasteiger partial charge in [0.15, 0.2) is 11.5 Å². The molecule has 1 heterocycles. The minimum Gasteiger partial charge on any atom is -0.493 e. The van der Waals surface area contributed by atoms with Gasteiger partial charge in [-0.05, 0) is 29.7 Å². The predicted molar refractivity (Wildman–Crippen MR) is 90.9 cm³/mol. The molecule has 0 aromatic heterocycles. The van der Waals surface area contributed by atoms with Crippen LogP contribution >= 0.6 is 11.6 Å². The first-order chi connectivity index (χ1) is 11.1. The molecule has 0 bridgehead atoms. The Labute approximate surface area is 140 Å². The number of hydrogen-bond donors (Lipinski definition) is 0. The van der Waals surface area contributed by atoms with Gasteiger partial charge in [-0.3, -0.25) is 4.79 Å². The van der Waals surface area contributed by atoms with E-state index in [1.165, 1.54) is 0 Å².